The number of carbonyl (C=O) groups excluding carboxylic acids is 2. The summed E-state index contributed by atoms with van der Waals surface area (Å²) in [5, 5.41) is 2.45. The molecule has 1 rings (SSSR count). The van der Waals surface area contributed by atoms with Gasteiger partial charge in [-0.15, -0.1) is 0 Å². The van der Waals surface area contributed by atoms with E-state index in [0.29, 0.717) is 12.8 Å². The summed E-state index contributed by atoms with van der Waals surface area (Å²) in [4.78, 5) is 22.0. The number of carbonyl (C=O) groups is 2. The second kappa shape index (κ2) is 4.55. The summed E-state index contributed by atoms with van der Waals surface area (Å²) in [6, 6.07) is -0.602. The molecule has 1 N–H and O–H groups in total. The lowest BCUT2D eigenvalue weighted by Gasteiger charge is -2.14. The monoisotopic (exact) mass is 259 g/mol. The molecule has 1 fully saturated rings. The van der Waals surface area contributed by atoms with Gasteiger partial charge in [0.15, 0.2) is 0 Å². The molecule has 0 aromatic heterocycles. The van der Waals surface area contributed by atoms with Crippen molar-refractivity contribution in [3.63, 3.8) is 0 Å². The largest absolute Gasteiger partial charge is 0.460 e. The first-order chi connectivity index (χ1) is 6.38. The molecule has 1 atom stereocenters. The number of ether oxygens (including phenoxy) is 1. The maximum absolute atomic E-state index is 11.2. The number of rotatable bonds is 2. The van der Waals surface area contributed by atoms with E-state index in [1.54, 1.807) is 0 Å². The second-order valence-corrected chi connectivity index (χ2v) is 5.40. The molecular weight excluding hydrogens is 252 g/mol. The van der Waals surface area contributed by atoms with Crippen LogP contribution in [0.3, 0.4) is 0 Å². The molecule has 0 aromatic carbocycles. The molecule has 0 aliphatic carbocycles. The van der Waals surface area contributed by atoms with Crippen molar-refractivity contribution < 1.29 is 14.3 Å². The van der Waals surface area contributed by atoms with Crippen LogP contribution in [-0.2, 0) is 14.3 Å². The molecule has 80 valence electrons. The van der Waals surface area contributed by atoms with E-state index in [1.165, 1.54) is 0 Å². The number of halogens is 3. The van der Waals surface area contributed by atoms with Crippen LogP contribution in [0.5, 0.6) is 0 Å². The Morgan fingerprint density at radius 3 is 2.64 bits per heavy atom. The van der Waals surface area contributed by atoms with E-state index < -0.39 is 15.8 Å². The van der Waals surface area contributed by atoms with E-state index >= 15 is 0 Å². The third-order valence-electron chi connectivity index (χ3n) is 1.66. The molecule has 1 aliphatic rings. The predicted octanol–water partition coefficient (Wildman–Crippen LogP) is 1.18. The van der Waals surface area contributed by atoms with E-state index in [9.17, 15) is 9.59 Å². The zero-order valence-electron chi connectivity index (χ0n) is 7.06. The van der Waals surface area contributed by atoms with Crippen molar-refractivity contribution in [1.82, 2.24) is 5.32 Å². The van der Waals surface area contributed by atoms with E-state index in [1.807, 2.05) is 0 Å². The molecule has 4 nitrogen and oxygen atoms in total. The molecule has 0 bridgehead atoms. The van der Waals surface area contributed by atoms with Crippen LogP contribution in [-0.4, -0.2) is 28.3 Å². The van der Waals surface area contributed by atoms with E-state index in [-0.39, 0.29) is 12.5 Å². The Kier molecular flexibility index (Phi) is 3.86. The maximum atomic E-state index is 11.2. The molecule has 0 radical (unpaired) electrons. The fraction of sp³-hybridized carbons (Fsp3) is 0.714. The average Bonchev–Trinajstić information content (AvgIpc) is 2.46. The Morgan fingerprint density at radius 2 is 2.21 bits per heavy atom. The first kappa shape index (κ1) is 11.9. The van der Waals surface area contributed by atoms with E-state index in [2.05, 4.69) is 10.1 Å². The third-order valence-corrected chi connectivity index (χ3v) is 1.99. The molecule has 1 amide bonds. The smallest absolute Gasteiger partial charge is 0.328 e. The van der Waals surface area contributed by atoms with Gasteiger partial charge in [0, 0.05) is 6.42 Å². The number of alkyl halides is 3. The van der Waals surface area contributed by atoms with Crippen molar-refractivity contribution in [2.24, 2.45) is 0 Å². The first-order valence-corrected chi connectivity index (χ1v) is 5.04. The lowest BCUT2D eigenvalue weighted by molar-refractivity contribution is -0.146. The molecule has 1 heterocycles. The number of nitrogens with one attached hydrogen (secondary N) is 1. The Morgan fingerprint density at radius 1 is 1.57 bits per heavy atom. The first-order valence-electron chi connectivity index (χ1n) is 3.91. The Labute approximate surface area is 95.8 Å². The topological polar surface area (TPSA) is 55.4 Å². The molecule has 0 spiro atoms. The minimum absolute atomic E-state index is 0.166. The summed E-state index contributed by atoms with van der Waals surface area (Å²) in [6.07, 6.45) is 0.755. The van der Waals surface area contributed by atoms with Crippen molar-refractivity contribution in [3.8, 4) is 0 Å². The fourth-order valence-electron chi connectivity index (χ4n) is 1.04. The van der Waals surface area contributed by atoms with Crippen molar-refractivity contribution >= 4 is 46.7 Å². The minimum Gasteiger partial charge on any atom is -0.460 e. The van der Waals surface area contributed by atoms with Gasteiger partial charge in [-0.1, -0.05) is 34.8 Å². The van der Waals surface area contributed by atoms with Gasteiger partial charge in [-0.3, -0.25) is 4.79 Å². The lowest BCUT2D eigenvalue weighted by Crippen LogP contribution is -2.35. The molecular formula is C7H8Cl3NO3. The summed E-state index contributed by atoms with van der Waals surface area (Å²) in [7, 11) is 0. The molecule has 7 heteroatoms. The predicted molar refractivity (Wildman–Crippen MR) is 52.4 cm³/mol. The van der Waals surface area contributed by atoms with Crippen LogP contribution in [0, 0.1) is 0 Å². The van der Waals surface area contributed by atoms with Gasteiger partial charge in [-0.2, -0.15) is 0 Å². The maximum Gasteiger partial charge on any atom is 0.328 e. The Bertz CT molecular complexity index is 251. The number of hydrogen-bond acceptors (Lipinski definition) is 3. The normalized spacial score (nSPS) is 21.9. The van der Waals surface area contributed by atoms with Gasteiger partial charge in [0.1, 0.15) is 12.6 Å². The van der Waals surface area contributed by atoms with E-state index in [4.69, 9.17) is 34.8 Å². The summed E-state index contributed by atoms with van der Waals surface area (Å²) >= 11 is 16.1. The average molecular weight is 261 g/mol. The van der Waals surface area contributed by atoms with Crippen LogP contribution in [0.15, 0.2) is 0 Å². The van der Waals surface area contributed by atoms with Gasteiger partial charge < -0.3 is 10.1 Å². The van der Waals surface area contributed by atoms with Crippen LogP contribution in [0.1, 0.15) is 12.8 Å². The van der Waals surface area contributed by atoms with Gasteiger partial charge in [-0.25, -0.2) is 4.79 Å². The summed E-state index contributed by atoms with van der Waals surface area (Å²) in [6.45, 7) is -0.317. The van der Waals surface area contributed by atoms with Gasteiger partial charge in [0.25, 0.3) is 0 Å². The fourth-order valence-corrected chi connectivity index (χ4v) is 1.21. The van der Waals surface area contributed by atoms with Gasteiger partial charge in [0.05, 0.1) is 0 Å². The third kappa shape index (κ3) is 3.90. The number of hydrogen-bond donors (Lipinski definition) is 1. The van der Waals surface area contributed by atoms with Crippen LogP contribution >= 0.6 is 34.8 Å². The van der Waals surface area contributed by atoms with Gasteiger partial charge in [-0.05, 0) is 6.42 Å². The minimum atomic E-state index is -1.61. The molecule has 1 aliphatic heterocycles. The van der Waals surface area contributed by atoms with Crippen LogP contribution in [0.25, 0.3) is 0 Å². The lowest BCUT2D eigenvalue weighted by atomic mass is 10.2. The molecule has 14 heavy (non-hydrogen) atoms. The van der Waals surface area contributed by atoms with Crippen LogP contribution in [0.2, 0.25) is 0 Å². The highest BCUT2D eigenvalue weighted by Gasteiger charge is 2.30. The van der Waals surface area contributed by atoms with Crippen molar-refractivity contribution in [2.75, 3.05) is 6.61 Å². The Balaban J connectivity index is 2.32. The van der Waals surface area contributed by atoms with E-state index in [0.717, 1.165) is 0 Å². The van der Waals surface area contributed by atoms with Gasteiger partial charge in [0.2, 0.25) is 9.70 Å². The van der Waals surface area contributed by atoms with Crippen molar-refractivity contribution in [3.05, 3.63) is 0 Å². The molecule has 0 aromatic rings. The van der Waals surface area contributed by atoms with Crippen LogP contribution in [0.4, 0.5) is 0 Å². The highest BCUT2D eigenvalue weighted by molar-refractivity contribution is 6.67. The summed E-state index contributed by atoms with van der Waals surface area (Å²) in [5.74, 6) is -0.733. The Hall–Kier alpha value is -0.190. The SMILES string of the molecule is O=C1CC[C@@H](C(=O)OCC(Cl)(Cl)Cl)N1. The zero-order chi connectivity index (χ0) is 10.8. The molecule has 0 saturated carbocycles. The quantitative estimate of drug-likeness (QED) is 0.599. The summed E-state index contributed by atoms with van der Waals surface area (Å²) in [5.41, 5.74) is 0. The van der Waals surface area contributed by atoms with Crippen molar-refractivity contribution in [1.29, 1.82) is 0 Å². The zero-order valence-corrected chi connectivity index (χ0v) is 9.33. The summed E-state index contributed by atoms with van der Waals surface area (Å²) < 4.78 is 3.08. The van der Waals surface area contributed by atoms with Gasteiger partial charge >= 0.3 is 5.97 Å². The standard InChI is InChI=1S/C7H8Cl3NO3/c8-7(9,10)3-14-6(13)4-1-2-5(12)11-4/h4H,1-3H2,(H,11,12)/t4-/m0/s1. The number of amides is 1. The second-order valence-electron chi connectivity index (χ2n) is 2.88. The number of esters is 1. The molecule has 0 unspecified atom stereocenters. The highest BCUT2D eigenvalue weighted by atomic mass is 35.6. The van der Waals surface area contributed by atoms with Crippen LogP contribution < -0.4 is 5.32 Å². The highest BCUT2D eigenvalue weighted by Crippen LogP contribution is 2.26. The molecule has 1 saturated heterocycles. The van der Waals surface area contributed by atoms with Crippen molar-refractivity contribution in [2.45, 2.75) is 22.7 Å².